The fourth-order valence-electron chi connectivity index (χ4n) is 2.15. The lowest BCUT2D eigenvalue weighted by Crippen LogP contribution is -2.15. The molecular formula is C18H16FN5O2. The van der Waals surface area contributed by atoms with E-state index in [1.165, 1.54) is 12.3 Å². The summed E-state index contributed by atoms with van der Waals surface area (Å²) in [6, 6.07) is 13.7. The van der Waals surface area contributed by atoms with E-state index in [0.29, 0.717) is 22.6 Å². The molecule has 0 radical (unpaired) electrons. The maximum Gasteiger partial charge on any atom is 0.363 e. The molecule has 3 rings (SSSR count). The van der Waals surface area contributed by atoms with E-state index in [2.05, 4.69) is 25.7 Å². The first-order valence-corrected chi connectivity index (χ1v) is 7.81. The maximum atomic E-state index is 13.7. The van der Waals surface area contributed by atoms with Crippen LogP contribution in [-0.2, 0) is 6.61 Å². The van der Waals surface area contributed by atoms with Crippen molar-refractivity contribution >= 4 is 12.0 Å². The van der Waals surface area contributed by atoms with Crippen LogP contribution in [-0.4, -0.2) is 21.4 Å². The highest BCUT2D eigenvalue weighted by atomic mass is 19.1. The molecule has 26 heavy (non-hydrogen) atoms. The molecule has 1 heterocycles. The van der Waals surface area contributed by atoms with E-state index in [4.69, 9.17) is 4.74 Å². The fourth-order valence-corrected chi connectivity index (χ4v) is 2.15. The predicted molar refractivity (Wildman–Crippen MR) is 95.8 cm³/mol. The highest BCUT2D eigenvalue weighted by Crippen LogP contribution is 2.18. The fraction of sp³-hybridized carbons (Fsp3) is 0.111. The van der Waals surface area contributed by atoms with Crippen molar-refractivity contribution in [3.8, 4) is 5.75 Å². The Labute approximate surface area is 148 Å². The summed E-state index contributed by atoms with van der Waals surface area (Å²) < 4.78 is 19.4. The number of benzene rings is 2. The van der Waals surface area contributed by atoms with E-state index in [-0.39, 0.29) is 18.2 Å². The summed E-state index contributed by atoms with van der Waals surface area (Å²) in [5, 5.41) is 10.1. The van der Waals surface area contributed by atoms with Crippen molar-refractivity contribution in [2.24, 2.45) is 5.10 Å². The van der Waals surface area contributed by atoms with Crippen LogP contribution in [0.5, 0.6) is 5.75 Å². The number of ether oxygens (including phenoxy) is 1. The number of halogens is 1. The number of anilines is 1. The number of para-hydroxylation sites is 1. The molecule has 0 saturated carbocycles. The van der Waals surface area contributed by atoms with Crippen LogP contribution in [0, 0.1) is 12.7 Å². The normalized spacial score (nSPS) is 10.8. The van der Waals surface area contributed by atoms with Crippen LogP contribution in [0.3, 0.4) is 0 Å². The number of H-pyrrole nitrogens is 1. The van der Waals surface area contributed by atoms with E-state index < -0.39 is 5.69 Å². The summed E-state index contributed by atoms with van der Waals surface area (Å²) in [5.74, 6) is 0.494. The Morgan fingerprint density at radius 1 is 1.23 bits per heavy atom. The van der Waals surface area contributed by atoms with Gasteiger partial charge >= 0.3 is 5.69 Å². The minimum atomic E-state index is -0.568. The molecule has 7 nitrogen and oxygen atoms in total. The van der Waals surface area contributed by atoms with Gasteiger partial charge in [-0.05, 0) is 25.1 Å². The monoisotopic (exact) mass is 353 g/mol. The Morgan fingerprint density at radius 3 is 2.85 bits per heavy atom. The second-order valence-electron chi connectivity index (χ2n) is 5.36. The Morgan fingerprint density at radius 2 is 2.00 bits per heavy atom. The lowest BCUT2D eigenvalue weighted by molar-refractivity contribution is 0.299. The average Bonchev–Trinajstić information content (AvgIpc) is 2.65. The Balaban J connectivity index is 1.71. The molecule has 0 saturated heterocycles. The molecule has 0 aliphatic heterocycles. The second kappa shape index (κ2) is 8.02. The van der Waals surface area contributed by atoms with Crippen LogP contribution in [0.1, 0.15) is 16.8 Å². The SMILES string of the molecule is Cc1n[nH]c(=O)nc1N/N=C/c1ccccc1OCc1ccccc1F. The number of hydrogen-bond donors (Lipinski definition) is 2. The van der Waals surface area contributed by atoms with E-state index in [1.54, 1.807) is 37.3 Å². The summed E-state index contributed by atoms with van der Waals surface area (Å²) in [6.45, 7) is 1.79. The summed E-state index contributed by atoms with van der Waals surface area (Å²) in [6.07, 6.45) is 1.53. The smallest absolute Gasteiger partial charge is 0.363 e. The molecule has 8 heteroatoms. The van der Waals surface area contributed by atoms with Crippen LogP contribution < -0.4 is 15.9 Å². The number of rotatable bonds is 6. The first-order valence-electron chi connectivity index (χ1n) is 7.81. The van der Waals surface area contributed by atoms with Gasteiger partial charge < -0.3 is 4.74 Å². The van der Waals surface area contributed by atoms with Crippen molar-refractivity contribution < 1.29 is 9.13 Å². The number of hydrogen-bond acceptors (Lipinski definition) is 6. The van der Waals surface area contributed by atoms with Gasteiger partial charge in [0.25, 0.3) is 0 Å². The van der Waals surface area contributed by atoms with Crippen molar-refractivity contribution in [2.75, 3.05) is 5.43 Å². The van der Waals surface area contributed by atoms with E-state index in [1.807, 2.05) is 12.1 Å². The van der Waals surface area contributed by atoms with E-state index in [0.717, 1.165) is 0 Å². The molecule has 0 atom stereocenters. The molecule has 1 aromatic heterocycles. The Hall–Kier alpha value is -3.55. The first kappa shape index (κ1) is 17.3. The third kappa shape index (κ3) is 4.29. The van der Waals surface area contributed by atoms with Crippen molar-refractivity contribution in [1.29, 1.82) is 0 Å². The summed E-state index contributed by atoms with van der Waals surface area (Å²) in [5.41, 5.74) is 3.76. The molecule has 0 unspecified atom stereocenters. The highest BCUT2D eigenvalue weighted by molar-refractivity contribution is 5.83. The second-order valence-corrected chi connectivity index (χ2v) is 5.36. The summed E-state index contributed by atoms with van der Waals surface area (Å²) in [7, 11) is 0. The van der Waals surface area contributed by atoms with Crippen LogP contribution in [0.2, 0.25) is 0 Å². The minimum Gasteiger partial charge on any atom is -0.488 e. The molecule has 0 bridgehead atoms. The number of aromatic amines is 1. The van der Waals surface area contributed by atoms with Crippen LogP contribution in [0.25, 0.3) is 0 Å². The molecule has 0 spiro atoms. The number of aryl methyl sites for hydroxylation is 1. The van der Waals surface area contributed by atoms with Gasteiger partial charge in [0.2, 0.25) is 0 Å². The van der Waals surface area contributed by atoms with Crippen molar-refractivity contribution in [1.82, 2.24) is 15.2 Å². The Bertz CT molecular complexity index is 987. The molecule has 3 aromatic rings. The topological polar surface area (TPSA) is 92.3 Å². The zero-order chi connectivity index (χ0) is 18.4. The number of hydrazone groups is 1. The van der Waals surface area contributed by atoms with Gasteiger partial charge in [-0.25, -0.2) is 14.3 Å². The molecule has 2 aromatic carbocycles. The Kier molecular flexibility index (Phi) is 5.33. The third-order valence-corrected chi connectivity index (χ3v) is 3.51. The first-order chi connectivity index (χ1) is 12.6. The number of nitrogens with zero attached hydrogens (tertiary/aromatic N) is 3. The zero-order valence-corrected chi connectivity index (χ0v) is 13.9. The predicted octanol–water partition coefficient (Wildman–Crippen LogP) is 2.64. The van der Waals surface area contributed by atoms with Gasteiger partial charge in [0.15, 0.2) is 5.82 Å². The minimum absolute atomic E-state index is 0.101. The van der Waals surface area contributed by atoms with Gasteiger partial charge in [0.1, 0.15) is 23.9 Å². The number of nitrogens with one attached hydrogen (secondary N) is 2. The van der Waals surface area contributed by atoms with Crippen molar-refractivity contribution in [3.63, 3.8) is 0 Å². The average molecular weight is 353 g/mol. The molecule has 0 fully saturated rings. The van der Waals surface area contributed by atoms with Crippen LogP contribution >= 0.6 is 0 Å². The van der Waals surface area contributed by atoms with Crippen LogP contribution in [0.4, 0.5) is 10.2 Å². The van der Waals surface area contributed by atoms with E-state index >= 15 is 0 Å². The van der Waals surface area contributed by atoms with Gasteiger partial charge in [-0.2, -0.15) is 15.2 Å². The van der Waals surface area contributed by atoms with Crippen molar-refractivity contribution in [3.05, 3.63) is 81.7 Å². The molecule has 0 aliphatic carbocycles. The lowest BCUT2D eigenvalue weighted by Gasteiger charge is -2.09. The van der Waals surface area contributed by atoms with Gasteiger partial charge in [-0.15, -0.1) is 0 Å². The zero-order valence-electron chi connectivity index (χ0n) is 13.9. The molecular weight excluding hydrogens is 337 g/mol. The molecule has 0 amide bonds. The number of aromatic nitrogens is 3. The molecule has 2 N–H and O–H groups in total. The summed E-state index contributed by atoms with van der Waals surface area (Å²) >= 11 is 0. The van der Waals surface area contributed by atoms with Crippen LogP contribution in [0.15, 0.2) is 58.4 Å². The lowest BCUT2D eigenvalue weighted by atomic mass is 10.2. The molecule has 132 valence electrons. The van der Waals surface area contributed by atoms with E-state index in [9.17, 15) is 9.18 Å². The van der Waals surface area contributed by atoms with Crippen molar-refractivity contribution in [2.45, 2.75) is 13.5 Å². The highest BCUT2D eigenvalue weighted by Gasteiger charge is 2.05. The quantitative estimate of drug-likeness (QED) is 0.525. The maximum absolute atomic E-state index is 13.7. The third-order valence-electron chi connectivity index (χ3n) is 3.51. The van der Waals surface area contributed by atoms with Gasteiger partial charge in [0, 0.05) is 11.1 Å². The largest absolute Gasteiger partial charge is 0.488 e. The van der Waals surface area contributed by atoms with Gasteiger partial charge in [-0.1, -0.05) is 30.3 Å². The molecule has 0 aliphatic rings. The summed E-state index contributed by atoms with van der Waals surface area (Å²) in [4.78, 5) is 14.9. The standard InChI is InChI=1S/C18H16FN5O2/c1-12-17(21-18(25)24-22-12)23-20-10-13-6-3-5-9-16(13)26-11-14-7-2-4-8-15(14)19/h2-10H,11H2,1H3,(H2,21,23,24,25)/b20-10+. The van der Waals surface area contributed by atoms with Gasteiger partial charge in [-0.3, -0.25) is 5.43 Å². The van der Waals surface area contributed by atoms with Gasteiger partial charge in [0.05, 0.1) is 6.21 Å².